The van der Waals surface area contributed by atoms with Crippen LogP contribution >= 0.6 is 0 Å². The van der Waals surface area contributed by atoms with Crippen molar-refractivity contribution in [2.24, 2.45) is 5.92 Å². The molecule has 1 aromatic heterocycles. The van der Waals surface area contributed by atoms with Gasteiger partial charge in [0.15, 0.2) is 0 Å². The largest absolute Gasteiger partial charge is 0.447 e. The summed E-state index contributed by atoms with van der Waals surface area (Å²) in [6.45, 7) is 7.32. The van der Waals surface area contributed by atoms with E-state index in [4.69, 9.17) is 4.42 Å². The highest BCUT2D eigenvalue weighted by atomic mass is 32.2. The molecular formula is C15H26N2O3S. The van der Waals surface area contributed by atoms with Gasteiger partial charge in [-0.1, -0.05) is 13.8 Å². The lowest BCUT2D eigenvalue weighted by Crippen LogP contribution is -2.37. The van der Waals surface area contributed by atoms with Crippen LogP contribution in [0.5, 0.6) is 0 Å². The maximum atomic E-state index is 12.0. The van der Waals surface area contributed by atoms with E-state index in [0.717, 1.165) is 5.76 Å². The number of rotatable bonds is 7. The van der Waals surface area contributed by atoms with Crippen molar-refractivity contribution in [3.8, 4) is 0 Å². The molecule has 21 heavy (non-hydrogen) atoms. The van der Waals surface area contributed by atoms with Gasteiger partial charge < -0.3 is 4.42 Å². The minimum atomic E-state index is -3.48. The summed E-state index contributed by atoms with van der Waals surface area (Å²) in [5.41, 5.74) is 0. The molecule has 1 fully saturated rings. The molecule has 0 amide bonds. The summed E-state index contributed by atoms with van der Waals surface area (Å²) in [7, 11) is -0.467. The quantitative estimate of drug-likeness (QED) is 0.776. The van der Waals surface area contributed by atoms with Gasteiger partial charge in [0.1, 0.15) is 5.76 Å². The predicted molar refractivity (Wildman–Crippen MR) is 82.4 cm³/mol. The normalized spacial score (nSPS) is 17.9. The molecule has 0 aromatic carbocycles. The average Bonchev–Trinajstić information content (AvgIpc) is 3.13. The zero-order chi connectivity index (χ0) is 15.8. The third-order valence-electron chi connectivity index (χ3n) is 4.21. The van der Waals surface area contributed by atoms with E-state index in [0.29, 0.717) is 24.5 Å². The fraction of sp³-hybridized carbons (Fsp3) is 0.733. The van der Waals surface area contributed by atoms with Crippen LogP contribution in [0.2, 0.25) is 0 Å². The van der Waals surface area contributed by atoms with Gasteiger partial charge >= 0.3 is 0 Å². The number of hydrogen-bond acceptors (Lipinski definition) is 4. The molecule has 1 aliphatic rings. The Balaban J connectivity index is 2.14. The highest BCUT2D eigenvalue weighted by molar-refractivity contribution is 7.88. The minimum absolute atomic E-state index is 0.0236. The van der Waals surface area contributed by atoms with Gasteiger partial charge in [0, 0.05) is 26.2 Å². The molecule has 1 aromatic rings. The van der Waals surface area contributed by atoms with Crippen molar-refractivity contribution >= 4 is 10.0 Å². The first kappa shape index (κ1) is 16.5. The molecule has 0 N–H and O–H groups in total. The summed E-state index contributed by atoms with van der Waals surface area (Å²) in [6, 6.07) is 4.40. The van der Waals surface area contributed by atoms with Crippen LogP contribution in [-0.2, 0) is 16.6 Å². The molecule has 1 heterocycles. The number of hydrogen-bond donors (Lipinski definition) is 0. The molecule has 1 aliphatic carbocycles. The molecule has 0 radical (unpaired) electrons. The Bertz CT molecular complexity index is 573. The van der Waals surface area contributed by atoms with Crippen molar-refractivity contribution in [1.29, 1.82) is 0 Å². The first-order valence-corrected chi connectivity index (χ1v) is 8.94. The predicted octanol–water partition coefficient (Wildman–Crippen LogP) is 2.54. The van der Waals surface area contributed by atoms with Crippen molar-refractivity contribution in [3.63, 3.8) is 0 Å². The molecule has 0 aliphatic heterocycles. The van der Waals surface area contributed by atoms with Gasteiger partial charge in [-0.2, -0.15) is 0 Å². The van der Waals surface area contributed by atoms with E-state index >= 15 is 0 Å². The highest BCUT2D eigenvalue weighted by Crippen LogP contribution is 2.32. The Kier molecular flexibility index (Phi) is 4.80. The van der Waals surface area contributed by atoms with Crippen molar-refractivity contribution in [2.75, 3.05) is 14.1 Å². The third-order valence-corrected chi connectivity index (χ3v) is 5.90. The first-order valence-electron chi connectivity index (χ1n) is 7.50. The summed E-state index contributed by atoms with van der Waals surface area (Å²) in [5, 5.41) is 0.0236. The van der Waals surface area contributed by atoms with Crippen molar-refractivity contribution in [1.82, 2.24) is 9.21 Å². The second-order valence-electron chi connectivity index (χ2n) is 6.40. The SMILES string of the molecule is CC(C)C(C)N(Cc1ccc(S(=O)(=O)N(C)C)o1)C1CC1. The molecule has 0 saturated heterocycles. The standard InChI is InChI=1S/C15H26N2O3S/c1-11(2)12(3)17(13-6-7-13)10-14-8-9-15(20-14)21(18,19)16(4)5/h8-9,11-13H,6-7,10H2,1-5H3. The maximum Gasteiger partial charge on any atom is 0.275 e. The Hall–Kier alpha value is -0.850. The van der Waals surface area contributed by atoms with E-state index < -0.39 is 10.0 Å². The molecule has 1 unspecified atom stereocenters. The molecule has 5 nitrogen and oxygen atoms in total. The van der Waals surface area contributed by atoms with Gasteiger partial charge in [-0.3, -0.25) is 4.90 Å². The highest BCUT2D eigenvalue weighted by Gasteiger charge is 2.34. The van der Waals surface area contributed by atoms with Crippen molar-refractivity contribution in [3.05, 3.63) is 17.9 Å². The average molecular weight is 314 g/mol. The van der Waals surface area contributed by atoms with E-state index in [1.165, 1.54) is 31.2 Å². The van der Waals surface area contributed by atoms with Crippen LogP contribution in [0.15, 0.2) is 21.6 Å². The second kappa shape index (κ2) is 6.10. The Labute approximate surface area is 128 Å². The first-order chi connectivity index (χ1) is 9.73. The maximum absolute atomic E-state index is 12.0. The zero-order valence-electron chi connectivity index (χ0n) is 13.5. The van der Waals surface area contributed by atoms with Crippen LogP contribution in [0.4, 0.5) is 0 Å². The van der Waals surface area contributed by atoms with Gasteiger partial charge in [0.2, 0.25) is 5.09 Å². The lowest BCUT2D eigenvalue weighted by molar-refractivity contribution is 0.137. The number of sulfonamides is 1. The van der Waals surface area contributed by atoms with Crippen molar-refractivity contribution < 1.29 is 12.8 Å². The van der Waals surface area contributed by atoms with Crippen LogP contribution in [0, 0.1) is 5.92 Å². The monoisotopic (exact) mass is 314 g/mol. The van der Waals surface area contributed by atoms with Gasteiger partial charge in [0.25, 0.3) is 10.0 Å². The lowest BCUT2D eigenvalue weighted by atomic mass is 10.0. The van der Waals surface area contributed by atoms with Crippen LogP contribution in [0.1, 0.15) is 39.4 Å². The topological polar surface area (TPSA) is 53.8 Å². The van der Waals surface area contributed by atoms with E-state index in [1.807, 2.05) is 0 Å². The van der Waals surface area contributed by atoms with E-state index in [9.17, 15) is 8.42 Å². The molecule has 2 rings (SSSR count). The summed E-state index contributed by atoms with van der Waals surface area (Å²) in [4.78, 5) is 2.43. The van der Waals surface area contributed by atoms with Crippen LogP contribution in [-0.4, -0.2) is 43.8 Å². The summed E-state index contributed by atoms with van der Waals surface area (Å²) in [6.07, 6.45) is 2.45. The van der Waals surface area contributed by atoms with Gasteiger partial charge in [-0.25, -0.2) is 12.7 Å². The van der Waals surface area contributed by atoms with Gasteiger partial charge in [0.05, 0.1) is 6.54 Å². The van der Waals surface area contributed by atoms with Gasteiger partial charge in [-0.15, -0.1) is 0 Å². The van der Waals surface area contributed by atoms with E-state index in [-0.39, 0.29) is 5.09 Å². The fourth-order valence-corrected chi connectivity index (χ4v) is 3.15. The molecular weight excluding hydrogens is 288 g/mol. The van der Waals surface area contributed by atoms with E-state index in [2.05, 4.69) is 25.7 Å². The van der Waals surface area contributed by atoms with Crippen molar-refractivity contribution in [2.45, 2.75) is 57.3 Å². The zero-order valence-corrected chi connectivity index (χ0v) is 14.4. The molecule has 120 valence electrons. The summed E-state index contributed by atoms with van der Waals surface area (Å²) >= 11 is 0. The van der Waals surface area contributed by atoms with Crippen LogP contribution in [0.25, 0.3) is 0 Å². The summed E-state index contributed by atoms with van der Waals surface area (Å²) < 4.78 is 30.8. The minimum Gasteiger partial charge on any atom is -0.447 e. The Morgan fingerprint density at radius 2 is 1.86 bits per heavy atom. The van der Waals surface area contributed by atoms with E-state index in [1.54, 1.807) is 12.1 Å². The molecule has 0 bridgehead atoms. The lowest BCUT2D eigenvalue weighted by Gasteiger charge is -2.31. The number of furan rings is 1. The molecule has 1 atom stereocenters. The Morgan fingerprint density at radius 1 is 1.24 bits per heavy atom. The summed E-state index contributed by atoms with van der Waals surface area (Å²) in [5.74, 6) is 1.28. The molecule has 1 saturated carbocycles. The Morgan fingerprint density at radius 3 is 2.33 bits per heavy atom. The molecule has 0 spiro atoms. The van der Waals surface area contributed by atoms with Gasteiger partial charge in [-0.05, 0) is 37.8 Å². The smallest absolute Gasteiger partial charge is 0.275 e. The second-order valence-corrected chi connectivity index (χ2v) is 8.48. The van der Waals surface area contributed by atoms with Crippen LogP contribution in [0.3, 0.4) is 0 Å². The fourth-order valence-electron chi connectivity index (χ4n) is 2.34. The number of nitrogens with zero attached hydrogens (tertiary/aromatic N) is 2. The van der Waals surface area contributed by atoms with Crippen LogP contribution < -0.4 is 0 Å². The third kappa shape index (κ3) is 3.67. The molecule has 6 heteroatoms.